The summed E-state index contributed by atoms with van der Waals surface area (Å²) < 4.78 is 5.75. The molecule has 0 aliphatic carbocycles. The van der Waals surface area contributed by atoms with Crippen molar-refractivity contribution in [2.75, 3.05) is 6.54 Å². The highest BCUT2D eigenvalue weighted by Gasteiger charge is 2.11. The number of nitrogens with one attached hydrogen (secondary N) is 2. The highest BCUT2D eigenvalue weighted by atomic mass is 16.5. The molecule has 2 aromatic rings. The van der Waals surface area contributed by atoms with Crippen molar-refractivity contribution in [2.24, 2.45) is 0 Å². The number of carbonyl (C=O) groups excluding carboxylic acids is 1. The number of aliphatic hydroxyl groups excluding tert-OH is 1. The zero-order chi connectivity index (χ0) is 18.1. The zero-order valence-electron chi connectivity index (χ0n) is 14.3. The summed E-state index contributed by atoms with van der Waals surface area (Å²) in [6.45, 7) is 5.98. The van der Waals surface area contributed by atoms with Crippen molar-refractivity contribution in [3.63, 3.8) is 0 Å². The summed E-state index contributed by atoms with van der Waals surface area (Å²) in [6.07, 6.45) is 0.814. The fraction of sp³-hybridized carbons (Fsp3) is 0.250. The molecule has 5 nitrogen and oxygen atoms in total. The topological polar surface area (TPSA) is 70.6 Å². The van der Waals surface area contributed by atoms with Crippen LogP contribution in [0.5, 0.6) is 5.75 Å². The van der Waals surface area contributed by atoms with Gasteiger partial charge in [-0.05, 0) is 30.2 Å². The predicted octanol–water partition coefficient (Wildman–Crippen LogP) is 3.17. The fourth-order valence-electron chi connectivity index (χ4n) is 2.18. The van der Waals surface area contributed by atoms with Crippen molar-refractivity contribution in [1.29, 1.82) is 0 Å². The molecule has 25 heavy (non-hydrogen) atoms. The Hall–Kier alpha value is -2.79. The maximum absolute atomic E-state index is 11.7. The molecule has 0 saturated heterocycles. The standard InChI is InChI=1S/C20H24N2O3/c1-3-15(2)22-20(24)21-13-19(23)17-10-7-11-18(12-17)25-14-16-8-5-4-6-9-16/h3-12,15,19,23H,1,13-14H2,2H3,(H2,21,22,24). The van der Waals surface area contributed by atoms with E-state index in [9.17, 15) is 9.90 Å². The first-order chi connectivity index (χ1) is 12.1. The summed E-state index contributed by atoms with van der Waals surface area (Å²) in [7, 11) is 0. The van der Waals surface area contributed by atoms with E-state index in [4.69, 9.17) is 4.74 Å². The molecule has 132 valence electrons. The van der Waals surface area contributed by atoms with Crippen LogP contribution in [0.25, 0.3) is 0 Å². The Labute approximate surface area is 148 Å². The lowest BCUT2D eigenvalue weighted by molar-refractivity contribution is 0.172. The van der Waals surface area contributed by atoms with Crippen LogP contribution in [0, 0.1) is 0 Å². The second-order valence-corrected chi connectivity index (χ2v) is 5.74. The summed E-state index contributed by atoms with van der Waals surface area (Å²) in [5.41, 5.74) is 1.76. The van der Waals surface area contributed by atoms with Crippen LogP contribution in [0.1, 0.15) is 24.2 Å². The number of ether oxygens (including phenoxy) is 1. The fourth-order valence-corrected chi connectivity index (χ4v) is 2.18. The van der Waals surface area contributed by atoms with Crippen LogP contribution in [-0.4, -0.2) is 23.7 Å². The van der Waals surface area contributed by atoms with Crippen LogP contribution in [0.15, 0.2) is 67.3 Å². The van der Waals surface area contributed by atoms with Gasteiger partial charge in [0, 0.05) is 12.6 Å². The van der Waals surface area contributed by atoms with Crippen LogP contribution < -0.4 is 15.4 Å². The molecule has 3 N–H and O–H groups in total. The maximum atomic E-state index is 11.7. The highest BCUT2D eigenvalue weighted by Crippen LogP contribution is 2.20. The largest absolute Gasteiger partial charge is 0.489 e. The molecular formula is C20H24N2O3. The van der Waals surface area contributed by atoms with Gasteiger partial charge in [0.1, 0.15) is 12.4 Å². The van der Waals surface area contributed by atoms with Gasteiger partial charge in [-0.1, -0.05) is 48.5 Å². The smallest absolute Gasteiger partial charge is 0.315 e. The minimum atomic E-state index is -0.815. The number of rotatable bonds is 8. The molecule has 2 atom stereocenters. The lowest BCUT2D eigenvalue weighted by Crippen LogP contribution is -2.41. The molecule has 2 amide bonds. The van der Waals surface area contributed by atoms with Gasteiger partial charge in [-0.15, -0.1) is 6.58 Å². The van der Waals surface area contributed by atoms with E-state index >= 15 is 0 Å². The van der Waals surface area contributed by atoms with Crippen molar-refractivity contribution in [3.05, 3.63) is 78.4 Å². The van der Waals surface area contributed by atoms with E-state index in [0.29, 0.717) is 17.9 Å². The molecule has 0 fully saturated rings. The Morgan fingerprint density at radius 2 is 2.00 bits per heavy atom. The van der Waals surface area contributed by atoms with E-state index < -0.39 is 6.10 Å². The molecule has 0 aliphatic rings. The SMILES string of the molecule is C=CC(C)NC(=O)NCC(O)c1cccc(OCc2ccccc2)c1. The molecular weight excluding hydrogens is 316 g/mol. The Bertz CT molecular complexity index is 688. The first-order valence-corrected chi connectivity index (χ1v) is 8.20. The number of carbonyl (C=O) groups is 1. The third-order valence-electron chi connectivity index (χ3n) is 3.66. The number of amides is 2. The van der Waals surface area contributed by atoms with E-state index in [1.54, 1.807) is 18.2 Å². The Morgan fingerprint density at radius 3 is 2.72 bits per heavy atom. The quantitative estimate of drug-likeness (QED) is 0.647. The average Bonchev–Trinajstić information content (AvgIpc) is 2.65. The van der Waals surface area contributed by atoms with Crippen molar-refractivity contribution >= 4 is 6.03 Å². The number of hydrogen-bond acceptors (Lipinski definition) is 3. The first-order valence-electron chi connectivity index (χ1n) is 8.20. The zero-order valence-corrected chi connectivity index (χ0v) is 14.3. The van der Waals surface area contributed by atoms with Gasteiger partial charge in [-0.2, -0.15) is 0 Å². The average molecular weight is 340 g/mol. The van der Waals surface area contributed by atoms with E-state index in [1.807, 2.05) is 49.4 Å². The molecule has 0 aliphatic heterocycles. The Kier molecular flexibility index (Phi) is 7.04. The first kappa shape index (κ1) is 18.5. The van der Waals surface area contributed by atoms with Crippen molar-refractivity contribution in [2.45, 2.75) is 25.7 Å². The van der Waals surface area contributed by atoms with Gasteiger partial charge in [-0.3, -0.25) is 0 Å². The van der Waals surface area contributed by atoms with Crippen LogP contribution in [0.2, 0.25) is 0 Å². The van der Waals surface area contributed by atoms with Crippen LogP contribution in [0.3, 0.4) is 0 Å². The Morgan fingerprint density at radius 1 is 1.24 bits per heavy atom. The maximum Gasteiger partial charge on any atom is 0.315 e. The van der Waals surface area contributed by atoms with Crippen LogP contribution >= 0.6 is 0 Å². The van der Waals surface area contributed by atoms with Gasteiger partial charge in [-0.25, -0.2) is 4.79 Å². The molecule has 2 aromatic carbocycles. The lowest BCUT2D eigenvalue weighted by Gasteiger charge is -2.15. The molecule has 0 radical (unpaired) electrons. The summed E-state index contributed by atoms with van der Waals surface area (Å²) in [4.78, 5) is 11.7. The summed E-state index contributed by atoms with van der Waals surface area (Å²) in [5.74, 6) is 0.671. The monoisotopic (exact) mass is 340 g/mol. The Balaban J connectivity index is 1.86. The minimum Gasteiger partial charge on any atom is -0.489 e. The van der Waals surface area contributed by atoms with Gasteiger partial charge in [0.25, 0.3) is 0 Å². The van der Waals surface area contributed by atoms with E-state index in [-0.39, 0.29) is 18.6 Å². The molecule has 0 aromatic heterocycles. The molecule has 2 rings (SSSR count). The number of hydrogen-bond donors (Lipinski definition) is 3. The van der Waals surface area contributed by atoms with Crippen LogP contribution in [0.4, 0.5) is 4.79 Å². The number of benzene rings is 2. The molecule has 0 saturated carbocycles. The van der Waals surface area contributed by atoms with Gasteiger partial charge < -0.3 is 20.5 Å². The molecule has 0 spiro atoms. The second-order valence-electron chi connectivity index (χ2n) is 5.74. The highest BCUT2D eigenvalue weighted by molar-refractivity contribution is 5.74. The normalized spacial score (nSPS) is 12.7. The van der Waals surface area contributed by atoms with Gasteiger partial charge >= 0.3 is 6.03 Å². The number of urea groups is 1. The second kappa shape index (κ2) is 9.49. The summed E-state index contributed by atoms with van der Waals surface area (Å²) >= 11 is 0. The molecule has 5 heteroatoms. The number of aliphatic hydroxyl groups is 1. The summed E-state index contributed by atoms with van der Waals surface area (Å²) in [5, 5.41) is 15.6. The molecule has 2 unspecified atom stereocenters. The predicted molar refractivity (Wildman–Crippen MR) is 98.4 cm³/mol. The van der Waals surface area contributed by atoms with Gasteiger partial charge in [0.15, 0.2) is 0 Å². The van der Waals surface area contributed by atoms with Crippen molar-refractivity contribution in [3.8, 4) is 5.75 Å². The van der Waals surface area contributed by atoms with Gasteiger partial charge in [0.05, 0.1) is 6.10 Å². The minimum absolute atomic E-state index is 0.109. The van der Waals surface area contributed by atoms with E-state index in [0.717, 1.165) is 5.56 Å². The molecule has 0 heterocycles. The third-order valence-corrected chi connectivity index (χ3v) is 3.66. The van der Waals surface area contributed by atoms with Crippen LogP contribution in [-0.2, 0) is 6.61 Å². The third kappa shape index (κ3) is 6.31. The lowest BCUT2D eigenvalue weighted by atomic mass is 10.1. The summed E-state index contributed by atoms with van der Waals surface area (Å²) in [6, 6.07) is 16.6. The van der Waals surface area contributed by atoms with Crippen molar-refractivity contribution < 1.29 is 14.6 Å². The van der Waals surface area contributed by atoms with Gasteiger partial charge in [0.2, 0.25) is 0 Å². The van der Waals surface area contributed by atoms with E-state index in [1.165, 1.54) is 0 Å². The van der Waals surface area contributed by atoms with Crippen molar-refractivity contribution in [1.82, 2.24) is 10.6 Å². The van der Waals surface area contributed by atoms with E-state index in [2.05, 4.69) is 17.2 Å². The molecule has 0 bridgehead atoms.